The van der Waals surface area contributed by atoms with Crippen molar-refractivity contribution in [3.63, 3.8) is 0 Å². The van der Waals surface area contributed by atoms with Crippen LogP contribution in [0.1, 0.15) is 47.8 Å². The lowest BCUT2D eigenvalue weighted by Gasteiger charge is -2.28. The molecule has 0 aromatic heterocycles. The molecule has 0 spiro atoms. The van der Waals surface area contributed by atoms with Crippen molar-refractivity contribution in [2.24, 2.45) is 5.73 Å². The first-order valence-electron chi connectivity index (χ1n) is 9.91. The molecule has 170 valence electrons. The molecule has 1 aliphatic rings. The van der Waals surface area contributed by atoms with E-state index in [1.54, 1.807) is 25.1 Å². The molecular weight excluding hydrogens is 424 g/mol. The Bertz CT molecular complexity index is 1040. The van der Waals surface area contributed by atoms with Crippen LogP contribution in [0.3, 0.4) is 0 Å². The topological polar surface area (TPSA) is 111 Å². The van der Waals surface area contributed by atoms with Crippen LogP contribution < -0.4 is 20.5 Å². The number of ether oxygens (including phenoxy) is 2. The van der Waals surface area contributed by atoms with Gasteiger partial charge in [0.15, 0.2) is 11.5 Å². The van der Waals surface area contributed by atoms with Crippen LogP contribution >= 0.6 is 0 Å². The largest absolute Gasteiger partial charge is 0.490 e. The number of rotatable bonds is 9. The smallest absolute Gasteiger partial charge is 0.387 e. The summed E-state index contributed by atoms with van der Waals surface area (Å²) in [6.45, 7) is 0.355. The summed E-state index contributed by atoms with van der Waals surface area (Å²) in [4.78, 5) is 38.1. The van der Waals surface area contributed by atoms with Gasteiger partial charge in [-0.1, -0.05) is 18.2 Å². The first-order valence-corrected chi connectivity index (χ1v) is 9.91. The van der Waals surface area contributed by atoms with Crippen molar-refractivity contribution in [2.45, 2.75) is 39.5 Å². The summed E-state index contributed by atoms with van der Waals surface area (Å²) in [6, 6.07) is 8.56. The number of nitrogens with one attached hydrogen (secondary N) is 1. The Morgan fingerprint density at radius 2 is 1.97 bits per heavy atom. The van der Waals surface area contributed by atoms with Crippen molar-refractivity contribution >= 4 is 23.4 Å². The fourth-order valence-corrected chi connectivity index (χ4v) is 3.72. The Hall–Kier alpha value is -3.69. The zero-order valence-electron chi connectivity index (χ0n) is 17.6. The lowest BCUT2D eigenvalue weighted by atomic mass is 10.0. The van der Waals surface area contributed by atoms with Gasteiger partial charge in [-0.15, -0.1) is 0 Å². The molecule has 3 amide bonds. The maximum absolute atomic E-state index is 13.3. The summed E-state index contributed by atoms with van der Waals surface area (Å²) >= 11 is 0. The van der Waals surface area contributed by atoms with E-state index < -0.39 is 18.6 Å². The van der Waals surface area contributed by atoms with Crippen molar-refractivity contribution in [3.05, 3.63) is 53.1 Å². The van der Waals surface area contributed by atoms with Gasteiger partial charge in [-0.25, -0.2) is 0 Å². The predicted molar refractivity (Wildman–Crippen MR) is 111 cm³/mol. The highest BCUT2D eigenvalue weighted by Gasteiger charge is 2.36. The third kappa shape index (κ3) is 4.96. The van der Waals surface area contributed by atoms with Crippen LogP contribution in [0.2, 0.25) is 0 Å². The number of alkyl halides is 2. The highest BCUT2D eigenvalue weighted by atomic mass is 19.3. The van der Waals surface area contributed by atoms with Gasteiger partial charge in [0, 0.05) is 13.5 Å². The lowest BCUT2D eigenvalue weighted by molar-refractivity contribution is -0.119. The second-order valence-electron chi connectivity index (χ2n) is 7.16. The molecule has 1 atom stereocenters. The fourth-order valence-electron chi connectivity index (χ4n) is 3.72. The number of carbonyl (C=O) groups excluding carboxylic acids is 3. The van der Waals surface area contributed by atoms with Gasteiger partial charge in [-0.2, -0.15) is 8.78 Å². The van der Waals surface area contributed by atoms with Crippen LogP contribution in [0.4, 0.5) is 14.5 Å². The van der Waals surface area contributed by atoms with Gasteiger partial charge >= 0.3 is 6.61 Å². The van der Waals surface area contributed by atoms with E-state index in [0.29, 0.717) is 22.4 Å². The van der Waals surface area contributed by atoms with E-state index in [2.05, 4.69) is 10.1 Å². The van der Waals surface area contributed by atoms with Gasteiger partial charge in [0.1, 0.15) is 0 Å². The van der Waals surface area contributed by atoms with Gasteiger partial charge in [-0.05, 0) is 36.2 Å². The molecule has 1 unspecified atom stereocenters. The Kier molecular flexibility index (Phi) is 6.92. The van der Waals surface area contributed by atoms with Crippen LogP contribution in [-0.4, -0.2) is 35.8 Å². The van der Waals surface area contributed by atoms with Crippen molar-refractivity contribution in [1.82, 2.24) is 4.90 Å². The molecule has 2 aromatic rings. The Morgan fingerprint density at radius 3 is 2.59 bits per heavy atom. The van der Waals surface area contributed by atoms with Gasteiger partial charge in [0.2, 0.25) is 11.8 Å². The molecular formula is C22H23F2N3O5. The number of nitrogens with zero attached hydrogens (tertiary/aromatic N) is 1. The summed E-state index contributed by atoms with van der Waals surface area (Å²) < 4.78 is 35.4. The average molecular weight is 447 g/mol. The van der Waals surface area contributed by atoms with E-state index in [1.807, 2.05) is 0 Å². The van der Waals surface area contributed by atoms with Gasteiger partial charge in [-0.3, -0.25) is 14.4 Å². The molecule has 0 radical (unpaired) electrons. The molecule has 1 aliphatic heterocycles. The minimum absolute atomic E-state index is 0.0582. The van der Waals surface area contributed by atoms with Crippen LogP contribution in [0.5, 0.6) is 11.5 Å². The molecule has 0 fully saturated rings. The van der Waals surface area contributed by atoms with Crippen molar-refractivity contribution in [2.75, 3.05) is 11.9 Å². The number of hydrogen-bond donors (Lipinski definition) is 2. The highest BCUT2D eigenvalue weighted by Crippen LogP contribution is 2.39. The molecule has 1 heterocycles. The molecule has 0 saturated heterocycles. The van der Waals surface area contributed by atoms with Crippen LogP contribution in [0.15, 0.2) is 36.4 Å². The highest BCUT2D eigenvalue weighted by molar-refractivity contribution is 6.06. The molecule has 0 bridgehead atoms. The zero-order chi connectivity index (χ0) is 23.4. The van der Waals surface area contributed by atoms with E-state index in [0.717, 1.165) is 0 Å². The third-order valence-electron chi connectivity index (χ3n) is 4.92. The number of nitrogens with two attached hydrogens (primary N) is 1. The summed E-state index contributed by atoms with van der Waals surface area (Å²) in [6.07, 6.45) is -0.199. The lowest BCUT2D eigenvalue weighted by Crippen LogP contribution is -2.32. The first kappa shape index (κ1) is 23.0. The van der Waals surface area contributed by atoms with Crippen molar-refractivity contribution in [3.8, 4) is 11.5 Å². The second kappa shape index (κ2) is 9.63. The number of halogens is 2. The van der Waals surface area contributed by atoms with Crippen LogP contribution in [0.25, 0.3) is 0 Å². The molecule has 3 N–H and O–H groups in total. The molecule has 8 nitrogen and oxygen atoms in total. The zero-order valence-corrected chi connectivity index (χ0v) is 17.6. The number of carbonyl (C=O) groups is 3. The van der Waals surface area contributed by atoms with Crippen LogP contribution in [0, 0.1) is 0 Å². The van der Waals surface area contributed by atoms with Crippen molar-refractivity contribution < 1.29 is 32.6 Å². The maximum atomic E-state index is 13.3. The SMILES string of the molecule is CCOc1cc(C(CC(N)=O)N2Cc3cccc(NC(C)=O)c3C2=O)ccc1OC(F)F. The molecule has 0 saturated carbocycles. The summed E-state index contributed by atoms with van der Waals surface area (Å²) in [5, 5.41) is 2.64. The monoisotopic (exact) mass is 447 g/mol. The second-order valence-corrected chi connectivity index (χ2v) is 7.16. The van der Waals surface area contributed by atoms with Gasteiger partial charge in [0.25, 0.3) is 5.91 Å². The third-order valence-corrected chi connectivity index (χ3v) is 4.92. The Balaban J connectivity index is 2.00. The minimum Gasteiger partial charge on any atom is -0.490 e. The van der Waals surface area contributed by atoms with Gasteiger partial charge in [0.05, 0.1) is 30.3 Å². The standard InChI is InChI=1S/C22H23F2N3O5/c1-3-31-18-9-13(7-8-17(18)32-22(23)24)16(10-19(25)29)27-11-14-5-4-6-15(26-12(2)28)20(14)21(27)30/h4-9,16,22H,3,10-11H2,1-2H3,(H2,25,29)(H,26,28). The van der Waals surface area contributed by atoms with E-state index in [9.17, 15) is 23.2 Å². The summed E-state index contributed by atoms with van der Waals surface area (Å²) in [7, 11) is 0. The molecule has 10 heteroatoms. The van der Waals surface area contributed by atoms with E-state index >= 15 is 0 Å². The Labute approximate surface area is 183 Å². The summed E-state index contributed by atoms with van der Waals surface area (Å²) in [5.41, 5.74) is 7.30. The van der Waals surface area contributed by atoms with Gasteiger partial charge < -0.3 is 25.4 Å². The molecule has 3 rings (SSSR count). The van der Waals surface area contributed by atoms with Crippen LogP contribution in [-0.2, 0) is 16.1 Å². The number of fused-ring (bicyclic) bond motifs is 1. The average Bonchev–Trinajstić information content (AvgIpc) is 3.04. The Morgan fingerprint density at radius 1 is 1.22 bits per heavy atom. The number of amides is 3. The maximum Gasteiger partial charge on any atom is 0.387 e. The normalized spacial score (nSPS) is 13.7. The quantitative estimate of drug-likeness (QED) is 0.613. The number of benzene rings is 2. The number of hydrogen-bond acceptors (Lipinski definition) is 5. The van der Waals surface area contributed by atoms with E-state index in [1.165, 1.54) is 30.0 Å². The van der Waals surface area contributed by atoms with E-state index in [-0.39, 0.29) is 42.9 Å². The molecule has 2 aromatic carbocycles. The number of anilines is 1. The summed E-state index contributed by atoms with van der Waals surface area (Å²) in [5.74, 6) is -1.46. The predicted octanol–water partition coefficient (Wildman–Crippen LogP) is 3.22. The molecule has 32 heavy (non-hydrogen) atoms. The molecule has 0 aliphatic carbocycles. The number of primary amides is 1. The van der Waals surface area contributed by atoms with Crippen molar-refractivity contribution in [1.29, 1.82) is 0 Å². The van der Waals surface area contributed by atoms with E-state index in [4.69, 9.17) is 10.5 Å². The fraction of sp³-hybridized carbons (Fsp3) is 0.318. The first-order chi connectivity index (χ1) is 15.2. The minimum atomic E-state index is -3.04.